The molecule has 130 valence electrons. The van der Waals surface area contributed by atoms with Crippen LogP contribution >= 0.6 is 11.3 Å². The molecule has 1 aromatic heterocycles. The summed E-state index contributed by atoms with van der Waals surface area (Å²) in [4.78, 5) is 20.9. The topological polar surface area (TPSA) is 68.7 Å². The standard InChI is InChI=1S/C16H28N4O2S/c1-3-5-13-12-23-15(17-13)18-16(22)20-9-6-14(7-10-20)19(2)8-4-11-21/h12,14,21H,3-11H2,1-2H3,(H,17,18,22). The van der Waals surface area contributed by atoms with Crippen LogP contribution in [-0.4, -0.2) is 65.3 Å². The first kappa shape index (κ1) is 18.2. The van der Waals surface area contributed by atoms with Crippen molar-refractivity contribution in [3.8, 4) is 0 Å². The minimum atomic E-state index is -0.0427. The van der Waals surface area contributed by atoms with Gasteiger partial charge >= 0.3 is 6.03 Å². The van der Waals surface area contributed by atoms with Gasteiger partial charge in [-0.2, -0.15) is 0 Å². The molecule has 6 nitrogen and oxygen atoms in total. The summed E-state index contributed by atoms with van der Waals surface area (Å²) in [7, 11) is 2.10. The van der Waals surface area contributed by atoms with E-state index in [2.05, 4.69) is 29.2 Å². The highest BCUT2D eigenvalue weighted by atomic mass is 32.1. The molecule has 23 heavy (non-hydrogen) atoms. The molecule has 2 rings (SSSR count). The molecule has 1 saturated heterocycles. The highest BCUT2D eigenvalue weighted by Gasteiger charge is 2.25. The average Bonchev–Trinajstić information content (AvgIpc) is 3.00. The number of hydrogen-bond acceptors (Lipinski definition) is 5. The summed E-state index contributed by atoms with van der Waals surface area (Å²) >= 11 is 1.49. The first-order chi connectivity index (χ1) is 11.1. The van der Waals surface area contributed by atoms with Crippen molar-refractivity contribution in [3.05, 3.63) is 11.1 Å². The normalized spacial score (nSPS) is 16.1. The predicted molar refractivity (Wildman–Crippen MR) is 94.1 cm³/mol. The van der Waals surface area contributed by atoms with Crippen LogP contribution in [-0.2, 0) is 6.42 Å². The number of aliphatic hydroxyl groups is 1. The van der Waals surface area contributed by atoms with Crippen LogP contribution in [0.15, 0.2) is 5.38 Å². The number of amides is 2. The van der Waals surface area contributed by atoms with Crippen LogP contribution in [0.5, 0.6) is 0 Å². The number of thiazole rings is 1. The van der Waals surface area contributed by atoms with E-state index in [0.717, 1.165) is 57.4 Å². The van der Waals surface area contributed by atoms with Gasteiger partial charge in [0, 0.05) is 37.7 Å². The number of hydrogen-bond donors (Lipinski definition) is 2. The number of aliphatic hydroxyl groups excluding tert-OH is 1. The van der Waals surface area contributed by atoms with Crippen molar-refractivity contribution in [2.75, 3.05) is 38.6 Å². The zero-order chi connectivity index (χ0) is 16.7. The lowest BCUT2D eigenvalue weighted by Gasteiger charge is -2.36. The molecule has 0 unspecified atom stereocenters. The molecular weight excluding hydrogens is 312 g/mol. The van der Waals surface area contributed by atoms with E-state index in [0.29, 0.717) is 11.2 Å². The van der Waals surface area contributed by atoms with E-state index in [9.17, 15) is 4.79 Å². The Labute approximate surface area is 142 Å². The van der Waals surface area contributed by atoms with Crippen molar-refractivity contribution in [1.29, 1.82) is 0 Å². The summed E-state index contributed by atoms with van der Waals surface area (Å²) in [5.41, 5.74) is 1.05. The number of carbonyl (C=O) groups is 1. The quantitative estimate of drug-likeness (QED) is 0.800. The Hall–Kier alpha value is -1.18. The third kappa shape index (κ3) is 5.44. The Morgan fingerprint density at radius 2 is 2.26 bits per heavy atom. The largest absolute Gasteiger partial charge is 0.396 e. The summed E-state index contributed by atoms with van der Waals surface area (Å²) in [5, 5.41) is 14.5. The van der Waals surface area contributed by atoms with Crippen LogP contribution < -0.4 is 5.32 Å². The second-order valence-electron chi connectivity index (χ2n) is 6.10. The van der Waals surface area contributed by atoms with Crippen molar-refractivity contribution in [2.45, 2.75) is 45.1 Å². The van der Waals surface area contributed by atoms with E-state index >= 15 is 0 Å². The second kappa shape index (κ2) is 9.20. The third-order valence-electron chi connectivity index (χ3n) is 4.32. The van der Waals surface area contributed by atoms with Crippen molar-refractivity contribution in [2.24, 2.45) is 0 Å². The van der Waals surface area contributed by atoms with Crippen molar-refractivity contribution < 1.29 is 9.90 Å². The molecule has 1 fully saturated rings. The summed E-state index contributed by atoms with van der Waals surface area (Å²) in [6.45, 7) is 4.81. The summed E-state index contributed by atoms with van der Waals surface area (Å²) in [6.07, 6.45) is 4.79. The maximum Gasteiger partial charge on any atom is 0.323 e. The van der Waals surface area contributed by atoms with Crippen LogP contribution in [0.4, 0.5) is 9.93 Å². The summed E-state index contributed by atoms with van der Waals surface area (Å²) in [5.74, 6) is 0. The fraction of sp³-hybridized carbons (Fsp3) is 0.750. The molecule has 2 N–H and O–H groups in total. The molecule has 2 amide bonds. The molecule has 2 heterocycles. The number of nitrogens with zero attached hydrogens (tertiary/aromatic N) is 3. The maximum atomic E-state index is 12.3. The molecule has 1 aromatic rings. The Bertz CT molecular complexity index is 486. The summed E-state index contributed by atoms with van der Waals surface area (Å²) < 4.78 is 0. The van der Waals surface area contributed by atoms with E-state index in [4.69, 9.17) is 5.11 Å². The van der Waals surface area contributed by atoms with Gasteiger partial charge in [0.15, 0.2) is 5.13 Å². The van der Waals surface area contributed by atoms with Gasteiger partial charge in [-0.05, 0) is 32.7 Å². The number of likely N-dealkylation sites (tertiary alicyclic amines) is 1. The number of nitrogens with one attached hydrogen (secondary N) is 1. The average molecular weight is 340 g/mol. The molecular formula is C16H28N4O2S. The van der Waals surface area contributed by atoms with Gasteiger partial charge in [-0.1, -0.05) is 13.3 Å². The third-order valence-corrected chi connectivity index (χ3v) is 5.12. The number of anilines is 1. The molecule has 0 spiro atoms. The van der Waals surface area contributed by atoms with Gasteiger partial charge in [-0.25, -0.2) is 9.78 Å². The zero-order valence-electron chi connectivity index (χ0n) is 14.1. The lowest BCUT2D eigenvalue weighted by atomic mass is 10.0. The van der Waals surface area contributed by atoms with Gasteiger partial charge < -0.3 is 14.9 Å². The number of rotatable bonds is 7. The molecule has 7 heteroatoms. The van der Waals surface area contributed by atoms with Crippen LogP contribution in [0.3, 0.4) is 0 Å². The van der Waals surface area contributed by atoms with E-state index in [1.165, 1.54) is 11.3 Å². The molecule has 0 aliphatic carbocycles. The Balaban J connectivity index is 1.76. The second-order valence-corrected chi connectivity index (χ2v) is 6.96. The molecule has 0 atom stereocenters. The smallest absolute Gasteiger partial charge is 0.323 e. The SMILES string of the molecule is CCCc1csc(NC(=O)N2CCC(N(C)CCCO)CC2)n1. The van der Waals surface area contributed by atoms with Crippen LogP contribution in [0.1, 0.15) is 38.3 Å². The number of urea groups is 1. The monoisotopic (exact) mass is 340 g/mol. The number of aryl methyl sites for hydroxylation is 1. The molecule has 0 saturated carbocycles. The fourth-order valence-electron chi connectivity index (χ4n) is 2.92. The molecule has 0 aromatic carbocycles. The Morgan fingerprint density at radius 3 is 2.91 bits per heavy atom. The van der Waals surface area contributed by atoms with Gasteiger partial charge in [-0.15, -0.1) is 11.3 Å². The predicted octanol–water partition coefficient (Wildman–Crippen LogP) is 2.41. The van der Waals surface area contributed by atoms with E-state index in [-0.39, 0.29) is 12.6 Å². The van der Waals surface area contributed by atoms with Crippen molar-refractivity contribution in [1.82, 2.24) is 14.8 Å². The molecule has 1 aliphatic heterocycles. The number of carbonyl (C=O) groups excluding carboxylic acids is 1. The highest BCUT2D eigenvalue weighted by molar-refractivity contribution is 7.13. The Morgan fingerprint density at radius 1 is 1.52 bits per heavy atom. The Kier molecular flexibility index (Phi) is 7.26. The van der Waals surface area contributed by atoms with Crippen LogP contribution in [0.2, 0.25) is 0 Å². The number of aromatic nitrogens is 1. The number of piperidine rings is 1. The maximum absolute atomic E-state index is 12.3. The lowest BCUT2D eigenvalue weighted by Crippen LogP contribution is -2.47. The van der Waals surface area contributed by atoms with Gasteiger partial charge in [0.2, 0.25) is 0 Å². The van der Waals surface area contributed by atoms with Crippen LogP contribution in [0.25, 0.3) is 0 Å². The van der Waals surface area contributed by atoms with Crippen molar-refractivity contribution in [3.63, 3.8) is 0 Å². The highest BCUT2D eigenvalue weighted by Crippen LogP contribution is 2.19. The lowest BCUT2D eigenvalue weighted by molar-refractivity contribution is 0.134. The fourth-order valence-corrected chi connectivity index (χ4v) is 3.65. The van der Waals surface area contributed by atoms with Crippen LogP contribution in [0, 0.1) is 0 Å². The first-order valence-corrected chi connectivity index (χ1v) is 9.33. The molecule has 0 radical (unpaired) electrons. The zero-order valence-corrected chi connectivity index (χ0v) is 14.9. The molecule has 1 aliphatic rings. The van der Waals surface area contributed by atoms with E-state index in [1.807, 2.05) is 10.3 Å². The minimum Gasteiger partial charge on any atom is -0.396 e. The minimum absolute atomic E-state index is 0.0427. The molecule has 0 bridgehead atoms. The van der Waals surface area contributed by atoms with E-state index in [1.54, 1.807) is 0 Å². The summed E-state index contributed by atoms with van der Waals surface area (Å²) in [6, 6.07) is 0.459. The van der Waals surface area contributed by atoms with Gasteiger partial charge in [0.1, 0.15) is 0 Å². The van der Waals surface area contributed by atoms with Gasteiger partial charge in [0.25, 0.3) is 0 Å². The van der Waals surface area contributed by atoms with E-state index < -0.39 is 0 Å². The van der Waals surface area contributed by atoms with Gasteiger partial charge in [-0.3, -0.25) is 5.32 Å². The van der Waals surface area contributed by atoms with Gasteiger partial charge in [0.05, 0.1) is 5.69 Å². The van der Waals surface area contributed by atoms with Crippen molar-refractivity contribution >= 4 is 22.5 Å². The first-order valence-electron chi connectivity index (χ1n) is 8.45.